The van der Waals surface area contributed by atoms with E-state index in [1.54, 1.807) is 23.9 Å². The Morgan fingerprint density at radius 1 is 1.56 bits per heavy atom. The van der Waals surface area contributed by atoms with Crippen LogP contribution in [0.5, 0.6) is 0 Å². The van der Waals surface area contributed by atoms with Gasteiger partial charge in [0.2, 0.25) is 5.89 Å². The van der Waals surface area contributed by atoms with E-state index in [9.17, 15) is 4.79 Å². The topological polar surface area (TPSA) is 78.3 Å². The van der Waals surface area contributed by atoms with E-state index in [0.717, 1.165) is 5.52 Å². The molecule has 0 atom stereocenters. The first kappa shape index (κ1) is 12.8. The molecule has 5 nitrogen and oxygen atoms in total. The fourth-order valence-electron chi connectivity index (χ4n) is 1.47. The zero-order valence-corrected chi connectivity index (χ0v) is 10.8. The van der Waals surface area contributed by atoms with Gasteiger partial charge in [-0.2, -0.15) is 11.8 Å². The number of methoxy groups -OCH3 is 1. The van der Waals surface area contributed by atoms with Crippen molar-refractivity contribution in [1.29, 1.82) is 0 Å². The molecule has 96 valence electrons. The van der Waals surface area contributed by atoms with Crippen LogP contribution in [0, 0.1) is 0 Å². The highest BCUT2D eigenvalue weighted by molar-refractivity contribution is 7.98. The molecule has 18 heavy (non-hydrogen) atoms. The van der Waals surface area contributed by atoms with Gasteiger partial charge in [0, 0.05) is 17.5 Å². The van der Waals surface area contributed by atoms with Crippen molar-refractivity contribution in [2.75, 3.05) is 18.6 Å². The minimum Gasteiger partial charge on any atom is -0.469 e. The van der Waals surface area contributed by atoms with Crippen molar-refractivity contribution in [3.05, 3.63) is 24.1 Å². The van der Waals surface area contributed by atoms with Crippen LogP contribution in [0.2, 0.25) is 0 Å². The predicted molar refractivity (Wildman–Crippen MR) is 71.2 cm³/mol. The Balaban J connectivity index is 1.90. The fraction of sp³-hybridized carbons (Fsp3) is 0.333. The van der Waals surface area contributed by atoms with Crippen LogP contribution in [-0.4, -0.2) is 23.8 Å². The van der Waals surface area contributed by atoms with Crippen molar-refractivity contribution in [2.45, 2.75) is 12.2 Å². The predicted octanol–water partition coefficient (Wildman–Crippen LogP) is 2.21. The number of nitrogens with zero attached hydrogens (tertiary/aromatic N) is 1. The molecule has 0 spiro atoms. The van der Waals surface area contributed by atoms with E-state index in [0.29, 0.717) is 35.1 Å². The molecule has 2 rings (SSSR count). The van der Waals surface area contributed by atoms with Crippen molar-refractivity contribution in [2.24, 2.45) is 0 Å². The van der Waals surface area contributed by atoms with Gasteiger partial charge in [0.15, 0.2) is 5.58 Å². The van der Waals surface area contributed by atoms with E-state index in [1.807, 2.05) is 6.07 Å². The number of rotatable bonds is 5. The molecule has 0 fully saturated rings. The summed E-state index contributed by atoms with van der Waals surface area (Å²) >= 11 is 1.58. The number of anilines is 1. The van der Waals surface area contributed by atoms with Crippen LogP contribution in [0.1, 0.15) is 12.3 Å². The van der Waals surface area contributed by atoms with Gasteiger partial charge in [0.1, 0.15) is 5.52 Å². The molecule has 2 aromatic rings. The minimum absolute atomic E-state index is 0.201. The molecule has 6 heteroatoms. The lowest BCUT2D eigenvalue weighted by Crippen LogP contribution is -2.01. The molecule has 2 N–H and O–H groups in total. The second kappa shape index (κ2) is 5.77. The Morgan fingerprint density at radius 2 is 2.39 bits per heavy atom. The lowest BCUT2D eigenvalue weighted by molar-refractivity contribution is -0.140. The van der Waals surface area contributed by atoms with Gasteiger partial charge < -0.3 is 14.9 Å². The number of hydrogen-bond donors (Lipinski definition) is 1. The van der Waals surface area contributed by atoms with Crippen molar-refractivity contribution in [3.8, 4) is 0 Å². The lowest BCUT2D eigenvalue weighted by Gasteiger charge is -1.97. The molecule has 1 aromatic carbocycles. The molecule has 0 aliphatic carbocycles. The third-order valence-electron chi connectivity index (χ3n) is 2.36. The monoisotopic (exact) mass is 266 g/mol. The molecule has 0 unspecified atom stereocenters. The van der Waals surface area contributed by atoms with E-state index < -0.39 is 0 Å². The summed E-state index contributed by atoms with van der Waals surface area (Å²) in [5, 5.41) is 0. The number of hydrogen-bond acceptors (Lipinski definition) is 6. The van der Waals surface area contributed by atoms with Gasteiger partial charge in [0.05, 0.1) is 19.3 Å². The number of nitrogens with two attached hydrogens (primary N) is 1. The van der Waals surface area contributed by atoms with Crippen molar-refractivity contribution in [3.63, 3.8) is 0 Å². The Labute approximate surface area is 109 Å². The van der Waals surface area contributed by atoms with Gasteiger partial charge >= 0.3 is 5.97 Å². The molecule has 0 bridgehead atoms. The zero-order valence-electron chi connectivity index (χ0n) is 10.0. The standard InChI is InChI=1S/C12H14N2O3S/c1-16-12(15)4-5-18-7-11-14-9-3-2-8(13)6-10(9)17-11/h2-3,6H,4-5,7,13H2,1H3. The van der Waals surface area contributed by atoms with E-state index in [-0.39, 0.29) is 5.97 Å². The first-order valence-electron chi connectivity index (χ1n) is 5.48. The first-order chi connectivity index (χ1) is 8.69. The summed E-state index contributed by atoms with van der Waals surface area (Å²) < 4.78 is 10.1. The van der Waals surface area contributed by atoms with Crippen LogP contribution < -0.4 is 5.73 Å². The van der Waals surface area contributed by atoms with Crippen molar-refractivity contribution < 1.29 is 13.9 Å². The average Bonchev–Trinajstić information content (AvgIpc) is 2.76. The number of carbonyl (C=O) groups excluding carboxylic acids is 1. The minimum atomic E-state index is -0.201. The summed E-state index contributed by atoms with van der Waals surface area (Å²) in [6, 6.07) is 5.38. The number of fused-ring (bicyclic) bond motifs is 1. The maximum atomic E-state index is 10.9. The van der Waals surface area contributed by atoms with E-state index >= 15 is 0 Å². The number of benzene rings is 1. The van der Waals surface area contributed by atoms with Crippen LogP contribution in [0.25, 0.3) is 11.1 Å². The zero-order chi connectivity index (χ0) is 13.0. The maximum absolute atomic E-state index is 10.9. The molecule has 0 aliphatic rings. The van der Waals surface area contributed by atoms with Gasteiger partial charge in [-0.3, -0.25) is 4.79 Å². The van der Waals surface area contributed by atoms with Gasteiger partial charge in [0.25, 0.3) is 0 Å². The first-order valence-corrected chi connectivity index (χ1v) is 6.64. The highest BCUT2D eigenvalue weighted by Crippen LogP contribution is 2.21. The largest absolute Gasteiger partial charge is 0.469 e. The highest BCUT2D eigenvalue weighted by Gasteiger charge is 2.06. The van der Waals surface area contributed by atoms with Crippen LogP contribution in [0.15, 0.2) is 22.6 Å². The molecular formula is C12H14N2O3S. The number of ether oxygens (including phenoxy) is 1. The smallest absolute Gasteiger partial charge is 0.306 e. The number of aromatic nitrogens is 1. The Bertz CT molecular complexity index is 553. The second-order valence-electron chi connectivity index (χ2n) is 3.71. The summed E-state index contributed by atoms with van der Waals surface area (Å²) in [6.07, 6.45) is 0.397. The summed E-state index contributed by atoms with van der Waals surface area (Å²) in [5.74, 6) is 1.76. The normalized spacial score (nSPS) is 10.7. The fourth-order valence-corrected chi connectivity index (χ4v) is 2.22. The lowest BCUT2D eigenvalue weighted by atomic mass is 10.3. The number of carbonyl (C=O) groups is 1. The van der Waals surface area contributed by atoms with Crippen LogP contribution in [-0.2, 0) is 15.3 Å². The quantitative estimate of drug-likeness (QED) is 0.508. The Hall–Kier alpha value is -1.69. The summed E-state index contributed by atoms with van der Waals surface area (Å²) in [5.41, 5.74) is 7.81. The number of nitrogen functional groups attached to an aromatic ring is 1. The van der Waals surface area contributed by atoms with Crippen LogP contribution in [0.3, 0.4) is 0 Å². The van der Waals surface area contributed by atoms with E-state index in [4.69, 9.17) is 10.2 Å². The van der Waals surface area contributed by atoms with Crippen molar-refractivity contribution in [1.82, 2.24) is 4.98 Å². The third kappa shape index (κ3) is 3.16. The third-order valence-corrected chi connectivity index (χ3v) is 3.30. The molecule has 0 radical (unpaired) electrons. The Kier molecular flexibility index (Phi) is 4.09. The average molecular weight is 266 g/mol. The second-order valence-corrected chi connectivity index (χ2v) is 4.82. The summed E-state index contributed by atoms with van der Waals surface area (Å²) in [7, 11) is 1.39. The molecule has 0 amide bonds. The van der Waals surface area contributed by atoms with Gasteiger partial charge in [-0.05, 0) is 12.1 Å². The molecular weight excluding hydrogens is 252 g/mol. The van der Waals surface area contributed by atoms with Crippen molar-refractivity contribution >= 4 is 34.5 Å². The SMILES string of the molecule is COC(=O)CCSCc1nc2ccc(N)cc2o1. The van der Waals surface area contributed by atoms with Crippen LogP contribution in [0.4, 0.5) is 5.69 Å². The Morgan fingerprint density at radius 3 is 3.17 bits per heavy atom. The maximum Gasteiger partial charge on any atom is 0.306 e. The molecule has 0 saturated heterocycles. The highest BCUT2D eigenvalue weighted by atomic mass is 32.2. The van der Waals surface area contributed by atoms with Gasteiger partial charge in [-0.25, -0.2) is 4.98 Å². The van der Waals surface area contributed by atoms with E-state index in [2.05, 4.69) is 9.72 Å². The van der Waals surface area contributed by atoms with Gasteiger partial charge in [-0.15, -0.1) is 0 Å². The number of thioether (sulfide) groups is 1. The van der Waals surface area contributed by atoms with E-state index in [1.165, 1.54) is 7.11 Å². The number of oxazole rings is 1. The van der Waals surface area contributed by atoms with Gasteiger partial charge in [-0.1, -0.05) is 0 Å². The molecule has 1 heterocycles. The molecule has 0 aliphatic heterocycles. The summed E-state index contributed by atoms with van der Waals surface area (Å²) in [4.78, 5) is 15.2. The number of esters is 1. The van der Waals surface area contributed by atoms with Crippen LogP contribution >= 0.6 is 11.8 Å². The molecule has 1 aromatic heterocycles. The summed E-state index contributed by atoms with van der Waals surface area (Å²) in [6.45, 7) is 0. The molecule has 0 saturated carbocycles.